The van der Waals surface area contributed by atoms with Crippen molar-refractivity contribution >= 4 is 17.4 Å². The Bertz CT molecular complexity index is 1080. The molecular weight excluding hydrogens is 332 g/mol. The summed E-state index contributed by atoms with van der Waals surface area (Å²) >= 11 is 0. The van der Waals surface area contributed by atoms with E-state index in [0.717, 1.165) is 14.7 Å². The van der Waals surface area contributed by atoms with Crippen molar-refractivity contribution in [2.24, 2.45) is 7.05 Å². The van der Waals surface area contributed by atoms with Crippen molar-refractivity contribution in [3.8, 4) is 5.69 Å². The van der Waals surface area contributed by atoms with E-state index in [0.29, 0.717) is 11.4 Å². The molecule has 1 aromatic heterocycles. The number of anilines is 2. The molecule has 2 aromatic carbocycles. The largest absolute Gasteiger partial charge is 0.384 e. The number of para-hydroxylation sites is 1. The highest BCUT2D eigenvalue weighted by Crippen LogP contribution is 2.15. The minimum atomic E-state index is -0.746. The predicted octanol–water partition coefficient (Wildman–Crippen LogP) is 1.68. The summed E-state index contributed by atoms with van der Waals surface area (Å²) in [5, 5.41) is 2.64. The molecule has 0 radical (unpaired) electrons. The second-order valence-corrected chi connectivity index (χ2v) is 5.90. The molecule has 3 aromatic rings. The molecular formula is C19H18N4O3. The van der Waals surface area contributed by atoms with E-state index in [1.807, 2.05) is 19.1 Å². The number of amides is 1. The van der Waals surface area contributed by atoms with Gasteiger partial charge in [0.25, 0.3) is 11.5 Å². The van der Waals surface area contributed by atoms with Gasteiger partial charge in [0.1, 0.15) is 11.4 Å². The lowest BCUT2D eigenvalue weighted by atomic mass is 10.2. The van der Waals surface area contributed by atoms with Crippen LogP contribution in [0, 0.1) is 6.92 Å². The van der Waals surface area contributed by atoms with Gasteiger partial charge in [-0.2, -0.15) is 0 Å². The summed E-state index contributed by atoms with van der Waals surface area (Å²) < 4.78 is 2.01. The minimum Gasteiger partial charge on any atom is -0.384 e. The molecule has 7 nitrogen and oxygen atoms in total. The molecule has 0 atom stereocenters. The van der Waals surface area contributed by atoms with Gasteiger partial charge in [-0.15, -0.1) is 0 Å². The summed E-state index contributed by atoms with van der Waals surface area (Å²) in [7, 11) is 1.31. The number of nitrogens with one attached hydrogen (secondary N) is 1. The van der Waals surface area contributed by atoms with Crippen LogP contribution in [0.2, 0.25) is 0 Å². The number of carbonyl (C=O) groups is 1. The Labute approximate surface area is 149 Å². The third-order valence-electron chi connectivity index (χ3n) is 4.04. The molecule has 0 saturated heterocycles. The normalized spacial score (nSPS) is 10.5. The Morgan fingerprint density at radius 3 is 2.23 bits per heavy atom. The van der Waals surface area contributed by atoms with Crippen LogP contribution in [0.3, 0.4) is 0 Å². The van der Waals surface area contributed by atoms with E-state index >= 15 is 0 Å². The van der Waals surface area contributed by atoms with Gasteiger partial charge in [-0.1, -0.05) is 35.9 Å². The number of rotatable bonds is 3. The van der Waals surface area contributed by atoms with Gasteiger partial charge in [0.2, 0.25) is 0 Å². The number of nitrogens with zero attached hydrogens (tertiary/aromatic N) is 2. The van der Waals surface area contributed by atoms with Crippen molar-refractivity contribution in [3.63, 3.8) is 0 Å². The van der Waals surface area contributed by atoms with Crippen LogP contribution in [0.4, 0.5) is 11.5 Å². The summed E-state index contributed by atoms with van der Waals surface area (Å²) in [5.74, 6) is -0.870. The van der Waals surface area contributed by atoms with Gasteiger partial charge in [0.05, 0.1) is 5.69 Å². The number of nitrogen functional groups attached to an aromatic ring is 1. The van der Waals surface area contributed by atoms with Crippen molar-refractivity contribution in [3.05, 3.63) is 86.6 Å². The molecule has 1 heterocycles. The van der Waals surface area contributed by atoms with Gasteiger partial charge in [-0.05, 0) is 31.2 Å². The van der Waals surface area contributed by atoms with Gasteiger partial charge in [0, 0.05) is 12.7 Å². The van der Waals surface area contributed by atoms with Gasteiger partial charge >= 0.3 is 5.69 Å². The Hall–Kier alpha value is -3.61. The number of aryl methyl sites for hydroxylation is 1. The summed E-state index contributed by atoms with van der Waals surface area (Å²) in [5.41, 5.74) is 6.44. The summed E-state index contributed by atoms with van der Waals surface area (Å²) in [6.45, 7) is 1.93. The lowest BCUT2D eigenvalue weighted by Crippen LogP contribution is -2.43. The molecule has 0 aliphatic rings. The zero-order chi connectivity index (χ0) is 18.8. The Balaban J connectivity index is 2.14. The number of carbonyl (C=O) groups excluding carboxylic acids is 1. The first kappa shape index (κ1) is 17.2. The monoisotopic (exact) mass is 350 g/mol. The predicted molar refractivity (Wildman–Crippen MR) is 101 cm³/mol. The average Bonchev–Trinajstić information content (AvgIpc) is 2.63. The van der Waals surface area contributed by atoms with Crippen molar-refractivity contribution in [1.82, 2.24) is 9.13 Å². The maximum atomic E-state index is 12.7. The van der Waals surface area contributed by atoms with Crippen LogP contribution < -0.4 is 22.3 Å². The van der Waals surface area contributed by atoms with Crippen molar-refractivity contribution in [1.29, 1.82) is 0 Å². The zero-order valence-electron chi connectivity index (χ0n) is 14.4. The molecule has 0 aliphatic heterocycles. The zero-order valence-corrected chi connectivity index (χ0v) is 14.4. The first-order chi connectivity index (χ1) is 12.4. The third-order valence-corrected chi connectivity index (χ3v) is 4.04. The van der Waals surface area contributed by atoms with E-state index in [2.05, 4.69) is 5.32 Å². The number of aromatic nitrogens is 2. The van der Waals surface area contributed by atoms with E-state index < -0.39 is 17.2 Å². The molecule has 1 amide bonds. The highest BCUT2D eigenvalue weighted by molar-refractivity contribution is 6.07. The Morgan fingerprint density at radius 2 is 1.62 bits per heavy atom. The number of hydrogen-bond acceptors (Lipinski definition) is 4. The van der Waals surface area contributed by atoms with E-state index in [1.54, 1.807) is 42.5 Å². The van der Waals surface area contributed by atoms with Gasteiger partial charge in [-0.25, -0.2) is 9.36 Å². The van der Waals surface area contributed by atoms with E-state index in [4.69, 9.17) is 5.73 Å². The molecule has 26 heavy (non-hydrogen) atoms. The van der Waals surface area contributed by atoms with E-state index in [-0.39, 0.29) is 11.4 Å². The molecule has 3 rings (SSSR count). The molecule has 7 heteroatoms. The molecule has 0 saturated carbocycles. The Kier molecular flexibility index (Phi) is 4.45. The first-order valence-corrected chi connectivity index (χ1v) is 7.95. The van der Waals surface area contributed by atoms with Crippen LogP contribution in [0.5, 0.6) is 0 Å². The van der Waals surface area contributed by atoms with Crippen LogP contribution in [0.1, 0.15) is 15.9 Å². The smallest absolute Gasteiger partial charge is 0.336 e. The maximum absolute atomic E-state index is 12.7. The van der Waals surface area contributed by atoms with Crippen LogP contribution >= 0.6 is 0 Å². The van der Waals surface area contributed by atoms with E-state index in [9.17, 15) is 14.4 Å². The topological polar surface area (TPSA) is 99.1 Å². The van der Waals surface area contributed by atoms with Gasteiger partial charge < -0.3 is 11.1 Å². The number of nitrogens with two attached hydrogens (primary N) is 1. The number of benzene rings is 2. The molecule has 0 spiro atoms. The molecule has 0 fully saturated rings. The van der Waals surface area contributed by atoms with Crippen molar-refractivity contribution < 1.29 is 4.79 Å². The highest BCUT2D eigenvalue weighted by Gasteiger charge is 2.22. The average molecular weight is 350 g/mol. The van der Waals surface area contributed by atoms with Gasteiger partial charge in [0.15, 0.2) is 0 Å². The van der Waals surface area contributed by atoms with Crippen LogP contribution in [0.25, 0.3) is 5.69 Å². The molecule has 0 unspecified atom stereocenters. The molecule has 0 bridgehead atoms. The second kappa shape index (κ2) is 6.72. The van der Waals surface area contributed by atoms with Gasteiger partial charge in [-0.3, -0.25) is 14.2 Å². The SMILES string of the molecule is Cc1ccc(NC(=O)c2c(N)n(-c3ccccc3)c(=O)n(C)c2=O)cc1. The van der Waals surface area contributed by atoms with Crippen LogP contribution in [0.15, 0.2) is 64.2 Å². The van der Waals surface area contributed by atoms with Crippen LogP contribution in [-0.2, 0) is 7.05 Å². The molecule has 0 aliphatic carbocycles. The fourth-order valence-corrected chi connectivity index (χ4v) is 2.60. The summed E-state index contributed by atoms with van der Waals surface area (Å²) in [6, 6.07) is 15.7. The maximum Gasteiger partial charge on any atom is 0.336 e. The summed E-state index contributed by atoms with van der Waals surface area (Å²) in [6.07, 6.45) is 0. The fourth-order valence-electron chi connectivity index (χ4n) is 2.60. The first-order valence-electron chi connectivity index (χ1n) is 7.95. The highest BCUT2D eigenvalue weighted by atomic mass is 16.2. The minimum absolute atomic E-state index is 0.200. The lowest BCUT2D eigenvalue weighted by Gasteiger charge is -2.15. The molecule has 132 valence electrons. The van der Waals surface area contributed by atoms with E-state index in [1.165, 1.54) is 7.05 Å². The Morgan fingerprint density at radius 1 is 1.00 bits per heavy atom. The van der Waals surface area contributed by atoms with Crippen molar-refractivity contribution in [2.75, 3.05) is 11.1 Å². The molecule has 3 N–H and O–H groups in total. The van der Waals surface area contributed by atoms with Crippen LogP contribution in [-0.4, -0.2) is 15.0 Å². The summed E-state index contributed by atoms with van der Waals surface area (Å²) in [4.78, 5) is 37.7. The fraction of sp³-hybridized carbons (Fsp3) is 0.105. The third kappa shape index (κ3) is 3.02. The second-order valence-electron chi connectivity index (χ2n) is 5.90. The lowest BCUT2D eigenvalue weighted by molar-refractivity contribution is 0.102. The standard InChI is InChI=1S/C19H18N4O3/c1-12-8-10-13(11-9-12)21-17(24)15-16(20)23(14-6-4-3-5-7-14)19(26)22(2)18(15)25/h3-11H,20H2,1-2H3,(H,21,24). The quantitative estimate of drug-likeness (QED) is 0.751. The van der Waals surface area contributed by atoms with Crippen molar-refractivity contribution in [2.45, 2.75) is 6.92 Å². The number of hydrogen-bond donors (Lipinski definition) is 2.